The molecule has 7 heterocycles. The number of nitrogens with one attached hydrogen (secondary N) is 3. The van der Waals surface area contributed by atoms with E-state index in [0.717, 1.165) is 122 Å². The predicted molar refractivity (Wildman–Crippen MR) is 211 cm³/mol. The molecule has 0 amide bonds. The quantitative estimate of drug-likeness (QED) is 0.103. The van der Waals surface area contributed by atoms with Crippen LogP contribution in [0.4, 0.5) is 11.9 Å². The van der Waals surface area contributed by atoms with E-state index < -0.39 is 0 Å². The van der Waals surface area contributed by atoms with Gasteiger partial charge in [-0.2, -0.15) is 0 Å². The SMILES string of the molecule is OC1CCC(Nc2nccc(-c3c[nH]c4ncccc34)n2)CC1.OC1CCC(Nc2nccc(-c3cn(CCOC4CCCCO4)c4ncccc34)n2)CC1. The smallest absolute Gasteiger partial charge is 0.223 e. The Morgan fingerprint density at radius 1 is 0.709 bits per heavy atom. The van der Waals surface area contributed by atoms with Gasteiger partial charge in [0.2, 0.25) is 11.9 Å². The van der Waals surface area contributed by atoms with Crippen LogP contribution in [0.1, 0.15) is 70.6 Å². The Hall–Kier alpha value is -5.02. The number of anilines is 2. The standard InChI is InChI=1S/C24H31N5O3.C17H19N5O/c30-18-8-6-17(7-9-18)27-24-26-12-10-21(28-24)20-16-29(23-19(20)4-3-11-25-23)13-15-32-22-5-1-2-14-31-22;23-12-5-3-11(4-6-12)21-17-19-9-7-15(22-17)14-10-20-16-13(14)2-1-8-18-16/h3-4,10-12,16-18,22,30H,1-2,5-9,13-15H2,(H,26,27,28);1-2,7-12,23H,3-6H2,(H,18,20)(H,19,21,22). The van der Waals surface area contributed by atoms with Gasteiger partial charge in [-0.25, -0.2) is 29.9 Å². The second kappa shape index (κ2) is 17.6. The largest absolute Gasteiger partial charge is 0.393 e. The first-order valence-electron chi connectivity index (χ1n) is 19.7. The van der Waals surface area contributed by atoms with Gasteiger partial charge in [-0.3, -0.25) is 0 Å². The third kappa shape index (κ3) is 9.27. The van der Waals surface area contributed by atoms with E-state index in [-0.39, 0.29) is 18.5 Å². The molecule has 0 radical (unpaired) electrons. The number of pyridine rings is 2. The average Bonchev–Trinajstić information content (AvgIpc) is 3.83. The number of aromatic amines is 1. The van der Waals surface area contributed by atoms with Crippen LogP contribution in [0.25, 0.3) is 44.6 Å². The van der Waals surface area contributed by atoms with Crippen molar-refractivity contribution in [1.29, 1.82) is 0 Å². The number of nitrogens with zero attached hydrogens (tertiary/aromatic N) is 7. The molecule has 0 aromatic carbocycles. The van der Waals surface area contributed by atoms with E-state index in [0.29, 0.717) is 37.1 Å². The van der Waals surface area contributed by atoms with Crippen molar-refractivity contribution in [3.8, 4) is 22.5 Å². The molecule has 55 heavy (non-hydrogen) atoms. The first-order chi connectivity index (χ1) is 27.1. The van der Waals surface area contributed by atoms with Crippen molar-refractivity contribution in [3.63, 3.8) is 0 Å². The van der Waals surface area contributed by atoms with Gasteiger partial charge in [0.15, 0.2) is 6.29 Å². The maximum absolute atomic E-state index is 9.74. The number of hydrogen-bond donors (Lipinski definition) is 5. The third-order valence-electron chi connectivity index (χ3n) is 10.8. The Morgan fingerprint density at radius 3 is 2.00 bits per heavy atom. The van der Waals surface area contributed by atoms with E-state index in [1.165, 1.54) is 0 Å². The van der Waals surface area contributed by atoms with E-state index in [1.807, 2.05) is 42.7 Å². The van der Waals surface area contributed by atoms with E-state index in [9.17, 15) is 10.2 Å². The molecule has 1 atom stereocenters. The Labute approximate surface area is 320 Å². The molecule has 14 nitrogen and oxygen atoms in total. The zero-order chi connectivity index (χ0) is 37.4. The number of H-pyrrole nitrogens is 1. The first-order valence-corrected chi connectivity index (χ1v) is 19.7. The minimum Gasteiger partial charge on any atom is -0.393 e. The molecule has 6 aromatic heterocycles. The van der Waals surface area contributed by atoms with E-state index >= 15 is 0 Å². The summed E-state index contributed by atoms with van der Waals surface area (Å²) >= 11 is 0. The minimum atomic E-state index is -0.174. The monoisotopic (exact) mass is 746 g/mol. The fraction of sp³-hybridized carbons (Fsp3) is 0.463. The summed E-state index contributed by atoms with van der Waals surface area (Å²) in [6, 6.07) is 12.5. The highest BCUT2D eigenvalue weighted by molar-refractivity contribution is 5.93. The molecule has 3 fully saturated rings. The molecule has 1 saturated heterocycles. The fourth-order valence-corrected chi connectivity index (χ4v) is 7.75. The molecule has 2 aliphatic carbocycles. The molecule has 6 aromatic rings. The van der Waals surface area contributed by atoms with Crippen LogP contribution in [0.2, 0.25) is 0 Å². The maximum atomic E-state index is 9.74. The molecule has 1 unspecified atom stereocenters. The van der Waals surface area contributed by atoms with Crippen LogP contribution in [0, 0.1) is 0 Å². The lowest BCUT2D eigenvalue weighted by Gasteiger charge is -2.26. The van der Waals surface area contributed by atoms with Crippen molar-refractivity contribution in [2.24, 2.45) is 0 Å². The summed E-state index contributed by atoms with van der Waals surface area (Å²) in [7, 11) is 0. The third-order valence-corrected chi connectivity index (χ3v) is 10.8. The molecule has 0 spiro atoms. The Balaban J connectivity index is 0.000000164. The summed E-state index contributed by atoms with van der Waals surface area (Å²) in [6.07, 6.45) is 21.1. The highest BCUT2D eigenvalue weighted by Crippen LogP contribution is 2.30. The topological polar surface area (TPSA) is 181 Å². The van der Waals surface area contributed by atoms with E-state index in [2.05, 4.69) is 57.4 Å². The highest BCUT2D eigenvalue weighted by atomic mass is 16.7. The van der Waals surface area contributed by atoms with Crippen LogP contribution in [0.5, 0.6) is 0 Å². The van der Waals surface area contributed by atoms with Crippen molar-refractivity contribution < 1.29 is 19.7 Å². The number of aliphatic hydroxyl groups excluding tert-OH is 2. The fourth-order valence-electron chi connectivity index (χ4n) is 7.75. The average molecular weight is 747 g/mol. The Bertz CT molecular complexity index is 2130. The van der Waals surface area contributed by atoms with Gasteiger partial charge in [0, 0.05) is 84.3 Å². The molecule has 0 bridgehead atoms. The van der Waals surface area contributed by atoms with Crippen LogP contribution in [0.3, 0.4) is 0 Å². The molecule has 3 aliphatic rings. The van der Waals surface area contributed by atoms with Crippen LogP contribution < -0.4 is 10.6 Å². The van der Waals surface area contributed by atoms with Gasteiger partial charge < -0.3 is 39.9 Å². The maximum Gasteiger partial charge on any atom is 0.223 e. The molecule has 14 heteroatoms. The van der Waals surface area contributed by atoms with Crippen LogP contribution >= 0.6 is 0 Å². The summed E-state index contributed by atoms with van der Waals surface area (Å²) in [5, 5.41) is 28.3. The summed E-state index contributed by atoms with van der Waals surface area (Å²) < 4.78 is 13.7. The molecule has 2 saturated carbocycles. The molecule has 5 N–H and O–H groups in total. The summed E-state index contributed by atoms with van der Waals surface area (Å²) in [4.78, 5) is 30.3. The normalized spacial score (nSPS) is 22.9. The molecular weight excluding hydrogens is 697 g/mol. The zero-order valence-corrected chi connectivity index (χ0v) is 31.1. The van der Waals surface area contributed by atoms with Crippen molar-refractivity contribution in [2.45, 2.75) is 108 Å². The molecule has 288 valence electrons. The van der Waals surface area contributed by atoms with E-state index in [1.54, 1.807) is 18.6 Å². The summed E-state index contributed by atoms with van der Waals surface area (Å²) in [5.41, 5.74) is 5.58. The van der Waals surface area contributed by atoms with Gasteiger partial charge in [0.1, 0.15) is 11.3 Å². The first kappa shape index (κ1) is 36.9. The number of ether oxygens (including phenoxy) is 2. The van der Waals surface area contributed by atoms with Crippen molar-refractivity contribution in [1.82, 2.24) is 39.5 Å². The van der Waals surface area contributed by atoms with Crippen LogP contribution in [0.15, 0.2) is 73.6 Å². The van der Waals surface area contributed by atoms with Crippen LogP contribution in [-0.4, -0.2) is 93.5 Å². The molecular formula is C41H50N10O4. The highest BCUT2D eigenvalue weighted by Gasteiger charge is 2.22. The number of hydrogen-bond acceptors (Lipinski definition) is 12. The number of aliphatic hydroxyl groups is 2. The lowest BCUT2D eigenvalue weighted by atomic mass is 9.93. The predicted octanol–water partition coefficient (Wildman–Crippen LogP) is 6.49. The number of aromatic nitrogens is 8. The van der Waals surface area contributed by atoms with E-state index in [4.69, 9.17) is 14.5 Å². The Kier molecular flexibility index (Phi) is 11.8. The second-order valence-corrected chi connectivity index (χ2v) is 14.7. The van der Waals surface area contributed by atoms with Gasteiger partial charge in [0.05, 0.1) is 30.2 Å². The van der Waals surface area contributed by atoms with Crippen LogP contribution in [-0.2, 0) is 16.0 Å². The lowest BCUT2D eigenvalue weighted by Crippen LogP contribution is -2.28. The lowest BCUT2D eigenvalue weighted by molar-refractivity contribution is -0.163. The molecule has 1 aliphatic heterocycles. The minimum absolute atomic E-state index is 0.0885. The molecule has 9 rings (SSSR count). The summed E-state index contributed by atoms with van der Waals surface area (Å²) in [6.45, 7) is 2.07. The second-order valence-electron chi connectivity index (χ2n) is 14.7. The van der Waals surface area contributed by atoms with Crippen molar-refractivity contribution in [2.75, 3.05) is 23.8 Å². The van der Waals surface area contributed by atoms with Gasteiger partial charge in [-0.15, -0.1) is 0 Å². The van der Waals surface area contributed by atoms with Gasteiger partial charge in [0.25, 0.3) is 0 Å². The zero-order valence-electron chi connectivity index (χ0n) is 31.1. The number of fused-ring (bicyclic) bond motifs is 2. The van der Waals surface area contributed by atoms with Gasteiger partial charge in [-0.1, -0.05) is 0 Å². The van der Waals surface area contributed by atoms with Crippen molar-refractivity contribution in [3.05, 3.63) is 73.6 Å². The van der Waals surface area contributed by atoms with Crippen molar-refractivity contribution >= 4 is 34.0 Å². The summed E-state index contributed by atoms with van der Waals surface area (Å²) in [5.74, 6) is 1.27. The Morgan fingerprint density at radius 2 is 1.35 bits per heavy atom. The van der Waals surface area contributed by atoms with Gasteiger partial charge in [-0.05, 0) is 107 Å². The van der Waals surface area contributed by atoms with Gasteiger partial charge >= 0.3 is 0 Å². The number of rotatable bonds is 10.